The average molecular weight is 343 g/mol. The number of halogens is 1. The molecule has 0 aliphatic heterocycles. The monoisotopic (exact) mass is 342 g/mol. The van der Waals surface area contributed by atoms with Crippen LogP contribution in [0.1, 0.15) is 26.4 Å². The van der Waals surface area contributed by atoms with Crippen molar-refractivity contribution in [2.75, 3.05) is 12.3 Å². The molecule has 24 heavy (non-hydrogen) atoms. The van der Waals surface area contributed by atoms with Crippen molar-refractivity contribution in [2.24, 2.45) is 0 Å². The number of aryl methyl sites for hydroxylation is 1. The number of benzene rings is 2. The zero-order chi connectivity index (χ0) is 17.3. The molecule has 5 nitrogen and oxygen atoms in total. The summed E-state index contributed by atoms with van der Waals surface area (Å²) >= 11 is 5.80. The summed E-state index contributed by atoms with van der Waals surface area (Å²) < 4.78 is 5.11. The topological polar surface area (TPSA) is 85.2 Å². The lowest BCUT2D eigenvalue weighted by Crippen LogP contribution is -2.16. The standard InChI is InChI=1S/C18H15ClN2O3/c1-10-17(13-4-2-3-5-15(13)21-10)16(22)9-24-18(23)12-7-6-11(19)8-14(12)20/h2-8,21H,9,20H2,1H3. The Morgan fingerprint density at radius 2 is 1.96 bits per heavy atom. The van der Waals surface area contributed by atoms with Gasteiger partial charge in [0.15, 0.2) is 6.61 Å². The van der Waals surface area contributed by atoms with Crippen molar-refractivity contribution in [3.63, 3.8) is 0 Å². The fourth-order valence-corrected chi connectivity index (χ4v) is 2.82. The van der Waals surface area contributed by atoms with Crippen LogP contribution in [0.15, 0.2) is 42.5 Å². The van der Waals surface area contributed by atoms with Crippen molar-refractivity contribution in [3.8, 4) is 0 Å². The fourth-order valence-electron chi connectivity index (χ4n) is 2.64. The van der Waals surface area contributed by atoms with Crippen LogP contribution in [0.25, 0.3) is 10.9 Å². The van der Waals surface area contributed by atoms with Gasteiger partial charge in [-0.15, -0.1) is 0 Å². The van der Waals surface area contributed by atoms with Crippen molar-refractivity contribution in [1.82, 2.24) is 4.98 Å². The molecule has 3 aromatic rings. The van der Waals surface area contributed by atoms with E-state index in [0.29, 0.717) is 10.6 Å². The van der Waals surface area contributed by atoms with E-state index >= 15 is 0 Å². The maximum absolute atomic E-state index is 12.5. The van der Waals surface area contributed by atoms with Crippen molar-refractivity contribution >= 4 is 39.9 Å². The van der Waals surface area contributed by atoms with E-state index < -0.39 is 5.97 Å². The Hall–Kier alpha value is -2.79. The summed E-state index contributed by atoms with van der Waals surface area (Å²) in [6.07, 6.45) is 0. The third-order valence-electron chi connectivity index (χ3n) is 3.74. The number of esters is 1. The van der Waals surface area contributed by atoms with E-state index in [2.05, 4.69) is 4.98 Å². The van der Waals surface area contributed by atoms with Crippen LogP contribution in [0, 0.1) is 6.92 Å². The molecule has 0 radical (unpaired) electrons. The molecule has 0 atom stereocenters. The van der Waals surface area contributed by atoms with Gasteiger partial charge in [-0.05, 0) is 31.2 Å². The smallest absolute Gasteiger partial charge is 0.340 e. The molecule has 0 unspecified atom stereocenters. The number of hydrogen-bond acceptors (Lipinski definition) is 4. The second-order valence-electron chi connectivity index (χ2n) is 5.40. The molecule has 0 saturated carbocycles. The number of carbonyl (C=O) groups is 2. The minimum absolute atomic E-state index is 0.183. The third kappa shape index (κ3) is 2.98. The number of para-hydroxylation sites is 1. The van der Waals surface area contributed by atoms with Gasteiger partial charge in [-0.25, -0.2) is 4.79 Å². The minimum atomic E-state index is -0.657. The Labute approximate surface area is 143 Å². The number of rotatable bonds is 4. The van der Waals surface area contributed by atoms with E-state index in [-0.39, 0.29) is 23.6 Å². The quantitative estimate of drug-likeness (QED) is 0.429. The fraction of sp³-hybridized carbons (Fsp3) is 0.111. The summed E-state index contributed by atoms with van der Waals surface area (Å²) in [6.45, 7) is 1.45. The van der Waals surface area contributed by atoms with Crippen LogP contribution in [0.2, 0.25) is 5.02 Å². The molecule has 1 aromatic heterocycles. The van der Waals surface area contributed by atoms with Gasteiger partial charge in [0.05, 0.1) is 5.56 Å². The summed E-state index contributed by atoms with van der Waals surface area (Å²) in [5, 5.41) is 1.23. The number of fused-ring (bicyclic) bond motifs is 1. The van der Waals surface area contributed by atoms with Crippen LogP contribution in [-0.4, -0.2) is 23.3 Å². The molecule has 0 aliphatic rings. The lowest BCUT2D eigenvalue weighted by atomic mass is 10.1. The number of aromatic nitrogens is 1. The van der Waals surface area contributed by atoms with Crippen LogP contribution >= 0.6 is 11.6 Å². The van der Waals surface area contributed by atoms with Gasteiger partial charge in [0, 0.05) is 32.9 Å². The number of H-pyrrole nitrogens is 1. The summed E-state index contributed by atoms with van der Waals surface area (Å²) in [4.78, 5) is 27.7. The van der Waals surface area contributed by atoms with Gasteiger partial charge in [0.1, 0.15) is 0 Å². The zero-order valence-electron chi connectivity index (χ0n) is 12.9. The summed E-state index contributed by atoms with van der Waals surface area (Å²) in [7, 11) is 0. The van der Waals surface area contributed by atoms with Crippen molar-refractivity contribution < 1.29 is 14.3 Å². The molecule has 3 N–H and O–H groups in total. The molecule has 0 amide bonds. The van der Waals surface area contributed by atoms with Gasteiger partial charge in [0.2, 0.25) is 5.78 Å². The Morgan fingerprint density at radius 1 is 1.21 bits per heavy atom. The molecule has 122 valence electrons. The van der Waals surface area contributed by atoms with Crippen LogP contribution in [0.4, 0.5) is 5.69 Å². The van der Waals surface area contributed by atoms with Crippen molar-refractivity contribution in [3.05, 3.63) is 64.3 Å². The van der Waals surface area contributed by atoms with Gasteiger partial charge in [-0.1, -0.05) is 29.8 Å². The highest BCUT2D eigenvalue weighted by atomic mass is 35.5. The van der Waals surface area contributed by atoms with Gasteiger partial charge in [-0.3, -0.25) is 4.79 Å². The Morgan fingerprint density at radius 3 is 2.71 bits per heavy atom. The number of Topliss-reactive ketones (excluding diaryl/α,β-unsaturated/α-hetero) is 1. The highest BCUT2D eigenvalue weighted by molar-refractivity contribution is 6.31. The first-order valence-electron chi connectivity index (χ1n) is 7.30. The van der Waals surface area contributed by atoms with Crippen LogP contribution in [0.5, 0.6) is 0 Å². The molecule has 6 heteroatoms. The van der Waals surface area contributed by atoms with Crippen LogP contribution < -0.4 is 5.73 Å². The number of anilines is 1. The Balaban J connectivity index is 1.77. The van der Waals surface area contributed by atoms with Gasteiger partial charge in [-0.2, -0.15) is 0 Å². The normalized spacial score (nSPS) is 10.8. The lowest BCUT2D eigenvalue weighted by Gasteiger charge is -2.07. The number of ether oxygens (including phenoxy) is 1. The predicted octanol–water partition coefficient (Wildman–Crippen LogP) is 3.75. The SMILES string of the molecule is Cc1[nH]c2ccccc2c1C(=O)COC(=O)c1ccc(Cl)cc1N. The molecule has 0 fully saturated rings. The molecule has 0 saturated heterocycles. The average Bonchev–Trinajstić information content (AvgIpc) is 2.88. The first-order chi connectivity index (χ1) is 11.5. The van der Waals surface area contributed by atoms with E-state index in [0.717, 1.165) is 16.6 Å². The maximum Gasteiger partial charge on any atom is 0.340 e. The molecule has 1 heterocycles. The van der Waals surface area contributed by atoms with E-state index in [9.17, 15) is 9.59 Å². The molecule has 2 aromatic carbocycles. The number of ketones is 1. The molecule has 0 bridgehead atoms. The molecule has 0 spiro atoms. The van der Waals surface area contributed by atoms with E-state index in [1.54, 1.807) is 6.07 Å². The number of nitrogens with two attached hydrogens (primary N) is 1. The lowest BCUT2D eigenvalue weighted by molar-refractivity contribution is 0.0476. The first-order valence-corrected chi connectivity index (χ1v) is 7.68. The van der Waals surface area contributed by atoms with E-state index in [1.165, 1.54) is 12.1 Å². The Bertz CT molecular complexity index is 947. The molecule has 0 aliphatic carbocycles. The third-order valence-corrected chi connectivity index (χ3v) is 3.98. The molecular weight excluding hydrogens is 328 g/mol. The first kappa shape index (κ1) is 16.1. The molecule has 3 rings (SSSR count). The largest absolute Gasteiger partial charge is 0.454 e. The highest BCUT2D eigenvalue weighted by Crippen LogP contribution is 2.23. The van der Waals surface area contributed by atoms with Crippen molar-refractivity contribution in [1.29, 1.82) is 0 Å². The summed E-state index contributed by atoms with van der Waals surface area (Å²) in [5.74, 6) is -0.930. The number of aromatic amines is 1. The van der Waals surface area contributed by atoms with Crippen LogP contribution in [-0.2, 0) is 4.74 Å². The van der Waals surface area contributed by atoms with Gasteiger partial charge in [0.25, 0.3) is 0 Å². The van der Waals surface area contributed by atoms with Gasteiger partial charge < -0.3 is 15.5 Å². The second-order valence-corrected chi connectivity index (χ2v) is 5.84. The predicted molar refractivity (Wildman–Crippen MR) is 93.5 cm³/mol. The molecular formula is C18H15ClN2O3. The number of nitrogen functional groups attached to an aromatic ring is 1. The summed E-state index contributed by atoms with van der Waals surface area (Å²) in [6, 6.07) is 12.0. The zero-order valence-corrected chi connectivity index (χ0v) is 13.7. The summed E-state index contributed by atoms with van der Waals surface area (Å²) in [5.41, 5.74) is 8.28. The van der Waals surface area contributed by atoms with Crippen molar-refractivity contribution in [2.45, 2.75) is 6.92 Å². The second kappa shape index (κ2) is 6.37. The Kier molecular flexibility index (Phi) is 4.27. The van der Waals surface area contributed by atoms with E-state index in [4.69, 9.17) is 22.1 Å². The minimum Gasteiger partial charge on any atom is -0.454 e. The van der Waals surface area contributed by atoms with Gasteiger partial charge >= 0.3 is 5.97 Å². The van der Waals surface area contributed by atoms with Crippen LogP contribution in [0.3, 0.4) is 0 Å². The number of carbonyl (C=O) groups excluding carboxylic acids is 2. The number of hydrogen-bond donors (Lipinski definition) is 2. The number of nitrogens with one attached hydrogen (secondary N) is 1. The highest BCUT2D eigenvalue weighted by Gasteiger charge is 2.19. The van der Waals surface area contributed by atoms with E-state index in [1.807, 2.05) is 31.2 Å². The maximum atomic E-state index is 12.5.